The van der Waals surface area contributed by atoms with Gasteiger partial charge in [0.1, 0.15) is 0 Å². The summed E-state index contributed by atoms with van der Waals surface area (Å²) in [5.41, 5.74) is 1.98. The Hall–Kier alpha value is -0.340. The Bertz CT molecular complexity index is 336. The number of rotatable bonds is 3. The first-order valence-corrected chi connectivity index (χ1v) is 7.26. The van der Waals surface area contributed by atoms with Crippen molar-refractivity contribution in [3.8, 4) is 0 Å². The Labute approximate surface area is 103 Å². The second-order valence-electron chi connectivity index (χ2n) is 5.37. The van der Waals surface area contributed by atoms with Crippen LogP contribution in [0.5, 0.6) is 0 Å². The van der Waals surface area contributed by atoms with Crippen molar-refractivity contribution in [3.05, 3.63) is 21.9 Å². The Kier molecular flexibility index (Phi) is 3.70. The van der Waals surface area contributed by atoms with Crippen LogP contribution >= 0.6 is 11.3 Å². The molecule has 0 saturated heterocycles. The Morgan fingerprint density at radius 1 is 1.31 bits per heavy atom. The quantitative estimate of drug-likeness (QED) is 0.827. The van der Waals surface area contributed by atoms with Crippen molar-refractivity contribution in [2.24, 2.45) is 5.41 Å². The molecule has 1 heterocycles. The summed E-state index contributed by atoms with van der Waals surface area (Å²) >= 11 is 1.87. The van der Waals surface area contributed by atoms with Crippen LogP contribution in [-0.4, -0.2) is 7.05 Å². The number of aryl methyl sites for hydroxylation is 1. The van der Waals surface area contributed by atoms with Crippen LogP contribution in [0, 0.1) is 12.3 Å². The molecule has 1 nitrogen and oxygen atoms in total. The van der Waals surface area contributed by atoms with Crippen molar-refractivity contribution in [1.82, 2.24) is 5.32 Å². The molecule has 16 heavy (non-hydrogen) atoms. The molecule has 0 bridgehead atoms. The van der Waals surface area contributed by atoms with Gasteiger partial charge in [-0.2, -0.15) is 0 Å². The molecule has 1 aromatic rings. The number of hydrogen-bond acceptors (Lipinski definition) is 2. The van der Waals surface area contributed by atoms with E-state index in [-0.39, 0.29) is 0 Å². The zero-order valence-corrected chi connectivity index (χ0v) is 11.5. The molecule has 1 fully saturated rings. The monoisotopic (exact) mass is 237 g/mol. The lowest BCUT2D eigenvalue weighted by Gasteiger charge is -2.41. The summed E-state index contributed by atoms with van der Waals surface area (Å²) in [4.78, 5) is 1.48. The summed E-state index contributed by atoms with van der Waals surface area (Å²) in [6, 6.07) is 2.85. The Morgan fingerprint density at radius 3 is 2.50 bits per heavy atom. The van der Waals surface area contributed by atoms with Crippen LogP contribution in [0.3, 0.4) is 0 Å². The molecule has 1 aliphatic rings. The first-order valence-electron chi connectivity index (χ1n) is 6.38. The van der Waals surface area contributed by atoms with Crippen molar-refractivity contribution >= 4 is 11.3 Å². The van der Waals surface area contributed by atoms with Gasteiger partial charge in [-0.15, -0.1) is 11.3 Å². The van der Waals surface area contributed by atoms with Crippen molar-refractivity contribution in [2.45, 2.75) is 52.0 Å². The van der Waals surface area contributed by atoms with Gasteiger partial charge in [0.05, 0.1) is 0 Å². The standard InChI is InChI=1S/C14H23NS/c1-11-12(7-10-16-11)13(15-3)14(2)8-5-4-6-9-14/h7,10,13,15H,4-6,8-9H2,1-3H3. The molecular formula is C14H23NS. The summed E-state index contributed by atoms with van der Waals surface area (Å²) in [6.45, 7) is 4.71. The summed E-state index contributed by atoms with van der Waals surface area (Å²) in [6.07, 6.45) is 6.96. The lowest BCUT2D eigenvalue weighted by molar-refractivity contribution is 0.150. The molecule has 1 N–H and O–H groups in total. The molecular weight excluding hydrogens is 214 g/mol. The fourth-order valence-corrected chi connectivity index (χ4v) is 3.96. The molecule has 1 aromatic heterocycles. The van der Waals surface area contributed by atoms with Crippen LogP contribution in [0.4, 0.5) is 0 Å². The van der Waals surface area contributed by atoms with E-state index < -0.39 is 0 Å². The van der Waals surface area contributed by atoms with E-state index in [0.29, 0.717) is 11.5 Å². The molecule has 1 unspecified atom stereocenters. The van der Waals surface area contributed by atoms with Crippen LogP contribution in [0.1, 0.15) is 55.5 Å². The fraction of sp³-hybridized carbons (Fsp3) is 0.714. The third kappa shape index (κ3) is 2.18. The normalized spacial score (nSPS) is 21.9. The molecule has 0 aromatic carbocycles. The Balaban J connectivity index is 2.24. The van der Waals surface area contributed by atoms with Crippen molar-refractivity contribution in [2.75, 3.05) is 7.05 Å². The van der Waals surface area contributed by atoms with Gasteiger partial charge in [-0.3, -0.25) is 0 Å². The second-order valence-corrected chi connectivity index (χ2v) is 6.49. The van der Waals surface area contributed by atoms with Crippen LogP contribution in [0.15, 0.2) is 11.4 Å². The molecule has 0 amide bonds. The minimum Gasteiger partial charge on any atom is -0.313 e. The average molecular weight is 237 g/mol. The molecule has 0 spiro atoms. The maximum Gasteiger partial charge on any atom is 0.0383 e. The molecule has 1 atom stereocenters. The molecule has 2 rings (SSSR count). The minimum atomic E-state index is 0.457. The molecule has 2 heteroatoms. The Morgan fingerprint density at radius 2 is 2.00 bits per heavy atom. The van der Waals surface area contributed by atoms with Crippen molar-refractivity contribution in [3.63, 3.8) is 0 Å². The van der Waals surface area contributed by atoms with Gasteiger partial charge in [-0.05, 0) is 49.2 Å². The van der Waals surface area contributed by atoms with E-state index in [1.165, 1.54) is 42.5 Å². The maximum absolute atomic E-state index is 3.56. The molecule has 0 radical (unpaired) electrons. The predicted molar refractivity (Wildman–Crippen MR) is 72.0 cm³/mol. The van der Waals surface area contributed by atoms with Gasteiger partial charge in [-0.25, -0.2) is 0 Å². The number of thiophene rings is 1. The lowest BCUT2D eigenvalue weighted by atomic mass is 9.68. The van der Waals surface area contributed by atoms with Gasteiger partial charge in [-0.1, -0.05) is 26.2 Å². The van der Waals surface area contributed by atoms with Crippen LogP contribution in [-0.2, 0) is 0 Å². The summed E-state index contributed by atoms with van der Waals surface area (Å²) in [5.74, 6) is 0. The third-order valence-electron chi connectivity index (χ3n) is 4.19. The molecule has 1 aliphatic carbocycles. The highest BCUT2D eigenvalue weighted by molar-refractivity contribution is 7.10. The van der Waals surface area contributed by atoms with E-state index in [4.69, 9.17) is 0 Å². The summed E-state index contributed by atoms with van der Waals surface area (Å²) < 4.78 is 0. The van der Waals surface area contributed by atoms with E-state index in [1.807, 2.05) is 11.3 Å². The second kappa shape index (κ2) is 4.89. The first-order chi connectivity index (χ1) is 7.67. The largest absolute Gasteiger partial charge is 0.313 e. The molecule has 0 aliphatic heterocycles. The van der Waals surface area contributed by atoms with Gasteiger partial charge in [0.2, 0.25) is 0 Å². The summed E-state index contributed by atoms with van der Waals surface area (Å²) in [5, 5.41) is 5.79. The fourth-order valence-electron chi connectivity index (χ4n) is 3.22. The summed E-state index contributed by atoms with van der Waals surface area (Å²) in [7, 11) is 2.11. The third-order valence-corrected chi connectivity index (χ3v) is 5.05. The van der Waals surface area contributed by atoms with E-state index in [9.17, 15) is 0 Å². The van der Waals surface area contributed by atoms with Crippen molar-refractivity contribution in [1.29, 1.82) is 0 Å². The highest BCUT2D eigenvalue weighted by atomic mass is 32.1. The SMILES string of the molecule is CNC(c1ccsc1C)C1(C)CCCCC1. The average Bonchev–Trinajstić information content (AvgIpc) is 2.67. The van der Waals surface area contributed by atoms with Gasteiger partial charge in [0, 0.05) is 10.9 Å². The zero-order chi connectivity index (χ0) is 11.6. The lowest BCUT2D eigenvalue weighted by Crippen LogP contribution is -2.36. The van der Waals surface area contributed by atoms with Gasteiger partial charge < -0.3 is 5.32 Å². The van der Waals surface area contributed by atoms with E-state index >= 15 is 0 Å². The molecule has 90 valence electrons. The first kappa shape index (κ1) is 12.1. The highest BCUT2D eigenvalue weighted by Gasteiger charge is 2.36. The zero-order valence-electron chi connectivity index (χ0n) is 10.7. The topological polar surface area (TPSA) is 12.0 Å². The van der Waals surface area contributed by atoms with Gasteiger partial charge in [0.15, 0.2) is 0 Å². The van der Waals surface area contributed by atoms with Crippen molar-refractivity contribution < 1.29 is 0 Å². The molecule has 1 saturated carbocycles. The van der Waals surface area contributed by atoms with E-state index in [2.05, 4.69) is 37.7 Å². The highest BCUT2D eigenvalue weighted by Crippen LogP contribution is 2.46. The number of nitrogens with one attached hydrogen (secondary N) is 1. The smallest absolute Gasteiger partial charge is 0.0383 e. The van der Waals surface area contributed by atoms with Crippen LogP contribution in [0.2, 0.25) is 0 Å². The number of hydrogen-bond donors (Lipinski definition) is 1. The van der Waals surface area contributed by atoms with E-state index in [0.717, 1.165) is 0 Å². The van der Waals surface area contributed by atoms with Gasteiger partial charge >= 0.3 is 0 Å². The predicted octanol–water partition coefficient (Wildman–Crippen LogP) is 4.29. The minimum absolute atomic E-state index is 0.457. The van der Waals surface area contributed by atoms with Crippen LogP contribution in [0.25, 0.3) is 0 Å². The maximum atomic E-state index is 3.56. The van der Waals surface area contributed by atoms with E-state index in [1.54, 1.807) is 0 Å². The van der Waals surface area contributed by atoms with Gasteiger partial charge in [0.25, 0.3) is 0 Å². The van der Waals surface area contributed by atoms with Crippen LogP contribution < -0.4 is 5.32 Å².